The van der Waals surface area contributed by atoms with Crippen molar-refractivity contribution in [2.75, 3.05) is 0 Å². The molecule has 1 aromatic heterocycles. The van der Waals surface area contributed by atoms with Gasteiger partial charge in [-0.05, 0) is 20.8 Å². The fourth-order valence-corrected chi connectivity index (χ4v) is 1.37. The summed E-state index contributed by atoms with van der Waals surface area (Å²) in [6, 6.07) is 0. The molecule has 0 saturated heterocycles. The topological polar surface area (TPSA) is 63.3 Å². The minimum atomic E-state index is -0.148. The van der Waals surface area contributed by atoms with Gasteiger partial charge in [0.1, 0.15) is 5.69 Å². The lowest BCUT2D eigenvalue weighted by Crippen LogP contribution is -2.33. The number of amidine groups is 1. The van der Waals surface area contributed by atoms with Crippen molar-refractivity contribution in [1.82, 2.24) is 10.4 Å². The zero-order valence-corrected chi connectivity index (χ0v) is 8.85. The van der Waals surface area contributed by atoms with Crippen molar-refractivity contribution in [2.24, 2.45) is 10.8 Å². The Hall–Kier alpha value is -0.940. The van der Waals surface area contributed by atoms with Crippen LogP contribution in [0.4, 0.5) is 0 Å². The van der Waals surface area contributed by atoms with Gasteiger partial charge in [0.2, 0.25) is 0 Å². The maximum absolute atomic E-state index is 5.36. The molecular formula is C8H14N4S. The monoisotopic (exact) mass is 198 g/mol. The standard InChI is InChI=1S/C8H14N4S/c1-8(2,3)11-7(12-9)6-4-13-5-10-6/h4-5H,9H2,1-3H3,(H,11,12). The average Bonchev–Trinajstić information content (AvgIpc) is 2.50. The summed E-state index contributed by atoms with van der Waals surface area (Å²) < 4.78 is 0. The van der Waals surface area contributed by atoms with Crippen LogP contribution in [0.5, 0.6) is 0 Å². The van der Waals surface area contributed by atoms with Crippen LogP contribution in [0.2, 0.25) is 0 Å². The van der Waals surface area contributed by atoms with Gasteiger partial charge in [-0.15, -0.1) is 11.3 Å². The lowest BCUT2D eigenvalue weighted by atomic mass is 10.1. The number of aliphatic imine (C=N–C) groups is 1. The number of hydrogen-bond donors (Lipinski definition) is 2. The van der Waals surface area contributed by atoms with E-state index in [0.29, 0.717) is 5.84 Å². The van der Waals surface area contributed by atoms with Gasteiger partial charge in [0, 0.05) is 5.38 Å². The molecule has 0 aliphatic carbocycles. The zero-order chi connectivity index (χ0) is 9.90. The van der Waals surface area contributed by atoms with Crippen LogP contribution in [-0.4, -0.2) is 16.4 Å². The number of rotatable bonds is 1. The van der Waals surface area contributed by atoms with Crippen LogP contribution in [0.15, 0.2) is 15.9 Å². The van der Waals surface area contributed by atoms with Gasteiger partial charge < -0.3 is 5.43 Å². The molecule has 0 amide bonds. The second-order valence-electron chi connectivity index (χ2n) is 3.65. The Morgan fingerprint density at radius 3 is 2.69 bits per heavy atom. The van der Waals surface area contributed by atoms with Crippen LogP contribution in [0.1, 0.15) is 26.5 Å². The van der Waals surface area contributed by atoms with Crippen LogP contribution in [-0.2, 0) is 0 Å². The summed E-state index contributed by atoms with van der Waals surface area (Å²) in [6.07, 6.45) is 0. The predicted octanol–water partition coefficient (Wildman–Crippen LogP) is 1.15. The van der Waals surface area contributed by atoms with Gasteiger partial charge in [-0.1, -0.05) is 0 Å². The van der Waals surface area contributed by atoms with Gasteiger partial charge in [-0.2, -0.15) is 0 Å². The number of aromatic nitrogens is 1. The van der Waals surface area contributed by atoms with E-state index in [-0.39, 0.29) is 5.54 Å². The summed E-state index contributed by atoms with van der Waals surface area (Å²) in [6.45, 7) is 6.03. The fourth-order valence-electron chi connectivity index (χ4n) is 0.828. The lowest BCUT2D eigenvalue weighted by Gasteiger charge is -2.14. The molecule has 0 fully saturated rings. The minimum Gasteiger partial charge on any atom is -0.307 e. The maximum atomic E-state index is 5.36. The Balaban J connectivity index is 2.93. The second-order valence-corrected chi connectivity index (χ2v) is 4.37. The predicted molar refractivity (Wildman–Crippen MR) is 55.7 cm³/mol. The summed E-state index contributed by atoms with van der Waals surface area (Å²) in [4.78, 5) is 8.51. The molecule has 4 nitrogen and oxygen atoms in total. The molecule has 0 atom stereocenters. The van der Waals surface area contributed by atoms with Gasteiger partial charge in [0.15, 0.2) is 5.84 Å². The Kier molecular flexibility index (Phi) is 3.00. The molecule has 0 aliphatic rings. The normalized spacial score (nSPS) is 13.1. The van der Waals surface area contributed by atoms with Gasteiger partial charge in [-0.25, -0.2) is 10.8 Å². The third-order valence-electron chi connectivity index (χ3n) is 1.26. The first-order chi connectivity index (χ1) is 6.03. The zero-order valence-electron chi connectivity index (χ0n) is 8.03. The van der Waals surface area contributed by atoms with E-state index in [9.17, 15) is 0 Å². The van der Waals surface area contributed by atoms with E-state index >= 15 is 0 Å². The van der Waals surface area contributed by atoms with Crippen LogP contribution >= 0.6 is 11.3 Å². The molecular weight excluding hydrogens is 184 g/mol. The number of hydrogen-bond acceptors (Lipinski definition) is 4. The van der Waals surface area contributed by atoms with Gasteiger partial charge in [0.05, 0.1) is 11.0 Å². The van der Waals surface area contributed by atoms with Gasteiger partial charge in [0.25, 0.3) is 0 Å². The smallest absolute Gasteiger partial charge is 0.162 e. The molecule has 1 rings (SSSR count). The highest BCUT2D eigenvalue weighted by atomic mass is 32.1. The Morgan fingerprint density at radius 2 is 2.31 bits per heavy atom. The summed E-state index contributed by atoms with van der Waals surface area (Å²) in [5, 5.41) is 1.91. The molecule has 0 unspecified atom stereocenters. The molecule has 5 heteroatoms. The van der Waals surface area contributed by atoms with E-state index in [2.05, 4.69) is 15.4 Å². The summed E-state index contributed by atoms with van der Waals surface area (Å²) in [7, 11) is 0. The van der Waals surface area contributed by atoms with Crippen LogP contribution in [0.25, 0.3) is 0 Å². The minimum absolute atomic E-state index is 0.148. The van der Waals surface area contributed by atoms with Crippen LogP contribution in [0, 0.1) is 0 Å². The lowest BCUT2D eigenvalue weighted by molar-refractivity contribution is 0.580. The molecule has 3 N–H and O–H groups in total. The third-order valence-corrected chi connectivity index (χ3v) is 1.85. The highest BCUT2D eigenvalue weighted by Crippen LogP contribution is 2.09. The Labute approximate surface area is 81.9 Å². The van der Waals surface area contributed by atoms with E-state index in [1.54, 1.807) is 5.51 Å². The molecule has 0 bridgehead atoms. The first-order valence-corrected chi connectivity index (χ1v) is 4.92. The molecule has 1 aromatic rings. The summed E-state index contributed by atoms with van der Waals surface area (Å²) >= 11 is 1.52. The van der Waals surface area contributed by atoms with Crippen molar-refractivity contribution in [1.29, 1.82) is 0 Å². The summed E-state index contributed by atoms with van der Waals surface area (Å²) in [5.41, 5.74) is 4.96. The van der Waals surface area contributed by atoms with Crippen molar-refractivity contribution < 1.29 is 0 Å². The van der Waals surface area contributed by atoms with Crippen LogP contribution < -0.4 is 11.3 Å². The van der Waals surface area contributed by atoms with Gasteiger partial charge >= 0.3 is 0 Å². The summed E-state index contributed by atoms with van der Waals surface area (Å²) in [5.74, 6) is 5.99. The highest BCUT2D eigenvalue weighted by molar-refractivity contribution is 7.07. The van der Waals surface area contributed by atoms with Crippen molar-refractivity contribution in [3.63, 3.8) is 0 Å². The number of thiazole rings is 1. The highest BCUT2D eigenvalue weighted by Gasteiger charge is 2.11. The third kappa shape index (κ3) is 3.12. The van der Waals surface area contributed by atoms with E-state index in [0.717, 1.165) is 5.69 Å². The largest absolute Gasteiger partial charge is 0.307 e. The van der Waals surface area contributed by atoms with Crippen molar-refractivity contribution in [2.45, 2.75) is 26.3 Å². The van der Waals surface area contributed by atoms with E-state index in [1.807, 2.05) is 26.2 Å². The molecule has 13 heavy (non-hydrogen) atoms. The maximum Gasteiger partial charge on any atom is 0.162 e. The molecule has 0 aromatic carbocycles. The van der Waals surface area contributed by atoms with Crippen molar-refractivity contribution in [3.8, 4) is 0 Å². The molecule has 0 spiro atoms. The van der Waals surface area contributed by atoms with Crippen LogP contribution in [0.3, 0.4) is 0 Å². The Morgan fingerprint density at radius 1 is 1.62 bits per heavy atom. The van der Waals surface area contributed by atoms with E-state index in [4.69, 9.17) is 5.84 Å². The average molecular weight is 198 g/mol. The molecule has 72 valence electrons. The van der Waals surface area contributed by atoms with Crippen molar-refractivity contribution >= 4 is 17.2 Å². The number of nitrogens with two attached hydrogens (primary N) is 1. The molecule has 0 aliphatic heterocycles. The number of hydrazine groups is 1. The number of nitrogens with one attached hydrogen (secondary N) is 1. The molecule has 1 heterocycles. The Bertz CT molecular complexity index is 284. The first kappa shape index (κ1) is 10.1. The first-order valence-electron chi connectivity index (χ1n) is 3.98. The number of nitrogens with zero attached hydrogens (tertiary/aromatic N) is 2. The molecule has 0 saturated carbocycles. The van der Waals surface area contributed by atoms with E-state index < -0.39 is 0 Å². The SMILES string of the molecule is CC(C)(C)N=C(NN)c1cscn1. The van der Waals surface area contributed by atoms with E-state index in [1.165, 1.54) is 11.3 Å². The second kappa shape index (κ2) is 3.85. The molecule has 0 radical (unpaired) electrons. The van der Waals surface area contributed by atoms with Gasteiger partial charge in [-0.3, -0.25) is 4.99 Å². The fraction of sp³-hybridized carbons (Fsp3) is 0.500. The van der Waals surface area contributed by atoms with Crippen molar-refractivity contribution in [3.05, 3.63) is 16.6 Å². The quantitative estimate of drug-likeness (QED) is 0.308.